The highest BCUT2D eigenvalue weighted by molar-refractivity contribution is 7.89. The number of aliphatic hydroxyl groups is 1. The highest BCUT2D eigenvalue weighted by Crippen LogP contribution is 2.42. The summed E-state index contributed by atoms with van der Waals surface area (Å²) in [4.78, 5) is 40.0. The molecule has 42 heavy (non-hydrogen) atoms. The smallest absolute Gasteiger partial charge is 0.407 e. The van der Waals surface area contributed by atoms with Gasteiger partial charge in [-0.1, -0.05) is 63.1 Å². The monoisotopic (exact) mass is 605 g/mol. The van der Waals surface area contributed by atoms with Crippen LogP contribution in [0.25, 0.3) is 0 Å². The molecule has 0 unspecified atom stereocenters. The number of amides is 1. The number of fused-ring (bicyclic) bond motifs is 2. The van der Waals surface area contributed by atoms with Gasteiger partial charge < -0.3 is 15.2 Å². The Morgan fingerprint density at radius 2 is 1.64 bits per heavy atom. The number of benzene rings is 1. The number of rotatable bonds is 10. The molecule has 1 aromatic carbocycles. The van der Waals surface area contributed by atoms with Gasteiger partial charge in [-0.25, -0.2) is 36.7 Å². The van der Waals surface area contributed by atoms with E-state index in [0.29, 0.717) is 18.9 Å². The molecule has 0 bridgehead atoms. The summed E-state index contributed by atoms with van der Waals surface area (Å²) in [6.07, 6.45) is 8.14. The van der Waals surface area contributed by atoms with Crippen molar-refractivity contribution in [2.24, 2.45) is 5.92 Å². The average Bonchev–Trinajstić information content (AvgIpc) is 3.38. The number of unbranched alkanes of at least 4 members (excludes halogenated alkanes) is 3. The predicted octanol–water partition coefficient (Wildman–Crippen LogP) is 2.19. The lowest BCUT2D eigenvalue weighted by Gasteiger charge is -2.43. The van der Waals surface area contributed by atoms with E-state index in [1.807, 2.05) is 6.92 Å². The zero-order valence-electron chi connectivity index (χ0n) is 24.6. The molecule has 3 aliphatic rings. The van der Waals surface area contributed by atoms with Crippen LogP contribution in [-0.2, 0) is 34.4 Å². The van der Waals surface area contributed by atoms with Gasteiger partial charge in [0.2, 0.25) is 10.0 Å². The van der Waals surface area contributed by atoms with Crippen LogP contribution < -0.4 is 16.7 Å². The van der Waals surface area contributed by atoms with Gasteiger partial charge in [0, 0.05) is 19.6 Å². The van der Waals surface area contributed by atoms with E-state index in [1.54, 1.807) is 12.1 Å². The number of ether oxygens (including phenoxy) is 1. The summed E-state index contributed by atoms with van der Waals surface area (Å²) in [6, 6.07) is 6.35. The maximum Gasteiger partial charge on any atom is 0.407 e. The molecule has 2 aliphatic heterocycles. The van der Waals surface area contributed by atoms with Crippen LogP contribution in [0.1, 0.15) is 70.3 Å². The summed E-state index contributed by atoms with van der Waals surface area (Å²) in [5, 5.41) is 14.9. The highest BCUT2D eigenvalue weighted by atomic mass is 32.2. The van der Waals surface area contributed by atoms with Gasteiger partial charge in [-0.15, -0.1) is 0 Å². The minimum atomic E-state index is -4.09. The van der Waals surface area contributed by atoms with Crippen molar-refractivity contribution in [2.75, 3.05) is 19.6 Å². The molecule has 13 heteroatoms. The number of nitrogens with zero attached hydrogens (tertiary/aromatic N) is 4. The van der Waals surface area contributed by atoms with Gasteiger partial charge in [0.25, 0.3) is 0 Å². The largest absolute Gasteiger partial charge is 0.436 e. The van der Waals surface area contributed by atoms with E-state index in [4.69, 9.17) is 4.74 Å². The summed E-state index contributed by atoms with van der Waals surface area (Å²) in [6.45, 7) is 3.07. The van der Waals surface area contributed by atoms with E-state index in [2.05, 4.69) is 12.2 Å². The fourth-order valence-electron chi connectivity index (χ4n) is 6.59. The van der Waals surface area contributed by atoms with E-state index in [9.17, 15) is 27.9 Å². The average molecular weight is 606 g/mol. The van der Waals surface area contributed by atoms with Gasteiger partial charge in [0.15, 0.2) is 5.60 Å². The van der Waals surface area contributed by atoms with Crippen LogP contribution in [0.4, 0.5) is 4.79 Å². The quantitative estimate of drug-likeness (QED) is 0.395. The molecule has 2 atom stereocenters. The molecule has 12 nitrogen and oxygen atoms in total. The number of alkyl carbamates (subject to hydrolysis) is 1. The molecular weight excluding hydrogens is 562 g/mol. The minimum Gasteiger partial charge on any atom is -0.436 e. The number of carbonyl (C=O) groups is 1. The standard InChI is InChI=1S/C29H43N5O7S/c1-3-4-5-9-16-32-26(36)33-19-28(38)18-31(42(39,40)24-14-12-22(2)13-15-24)20-29(28,21-34(33)27(32)37)41-25(35)30-17-23-10-7-6-8-11-23/h12-15,23,38H,3-11,16-21H2,1-2H3,(H,30,35)/t28-,29+/m0/s1. The lowest BCUT2D eigenvalue weighted by atomic mass is 9.84. The second-order valence-corrected chi connectivity index (χ2v) is 14.2. The first-order valence-corrected chi connectivity index (χ1v) is 16.6. The van der Waals surface area contributed by atoms with E-state index in [1.165, 1.54) is 23.2 Å². The summed E-state index contributed by atoms with van der Waals surface area (Å²) >= 11 is 0. The summed E-state index contributed by atoms with van der Waals surface area (Å²) < 4.78 is 37.9. The lowest BCUT2D eigenvalue weighted by Crippen LogP contribution is -2.66. The van der Waals surface area contributed by atoms with E-state index in [-0.39, 0.29) is 24.5 Å². The van der Waals surface area contributed by atoms with Crippen molar-refractivity contribution in [3.05, 3.63) is 50.8 Å². The minimum absolute atomic E-state index is 0.0402. The van der Waals surface area contributed by atoms with Crippen LogP contribution in [0.3, 0.4) is 0 Å². The van der Waals surface area contributed by atoms with Crippen LogP contribution in [0.5, 0.6) is 0 Å². The molecule has 1 aromatic heterocycles. The molecule has 232 valence electrons. The number of nitrogens with one attached hydrogen (secondary N) is 1. The van der Waals surface area contributed by atoms with Crippen LogP contribution in [0, 0.1) is 12.8 Å². The number of β-amino-alcohol motifs (C(OH)–C–C–N with tert-alkyl or cyclic N) is 1. The lowest BCUT2D eigenvalue weighted by molar-refractivity contribution is -0.159. The fourth-order valence-corrected chi connectivity index (χ4v) is 8.13. The molecule has 1 saturated carbocycles. The van der Waals surface area contributed by atoms with Crippen LogP contribution in [0.15, 0.2) is 38.8 Å². The summed E-state index contributed by atoms with van der Waals surface area (Å²) in [5.74, 6) is 0.325. The van der Waals surface area contributed by atoms with Crippen LogP contribution in [0.2, 0.25) is 0 Å². The third-order valence-corrected chi connectivity index (χ3v) is 11.0. The highest BCUT2D eigenvalue weighted by Gasteiger charge is 2.65. The van der Waals surface area contributed by atoms with Crippen molar-refractivity contribution < 1.29 is 23.1 Å². The number of aryl methyl sites for hydroxylation is 1. The van der Waals surface area contributed by atoms with Gasteiger partial charge in [-0.05, 0) is 44.2 Å². The van der Waals surface area contributed by atoms with E-state index < -0.39 is 51.8 Å². The maximum absolute atomic E-state index is 13.7. The number of hydrogen-bond acceptors (Lipinski definition) is 7. The zero-order valence-corrected chi connectivity index (χ0v) is 25.4. The Morgan fingerprint density at radius 3 is 2.31 bits per heavy atom. The SMILES string of the molecule is CCCCCCn1c(=O)n2n(c1=O)C[C@]1(OC(=O)NCC3CCCCC3)CN(S(=O)(=O)c3ccc(C)cc3)C[C@]1(O)C2. The van der Waals surface area contributed by atoms with Crippen molar-refractivity contribution in [1.29, 1.82) is 0 Å². The third kappa shape index (κ3) is 5.70. The molecule has 1 amide bonds. The first kappa shape index (κ1) is 30.6. The third-order valence-electron chi connectivity index (χ3n) is 9.17. The molecule has 2 fully saturated rings. The van der Waals surface area contributed by atoms with Crippen molar-refractivity contribution in [2.45, 2.75) is 107 Å². The number of aromatic nitrogens is 3. The molecule has 0 spiro atoms. The fraction of sp³-hybridized carbons (Fsp3) is 0.690. The van der Waals surface area contributed by atoms with E-state index in [0.717, 1.165) is 64.1 Å². The Morgan fingerprint density at radius 1 is 0.976 bits per heavy atom. The van der Waals surface area contributed by atoms with Crippen molar-refractivity contribution in [3.8, 4) is 0 Å². The first-order chi connectivity index (χ1) is 20.0. The Balaban J connectivity index is 1.46. The molecular formula is C29H43N5O7S. The van der Waals surface area contributed by atoms with E-state index >= 15 is 0 Å². The number of sulfonamides is 1. The zero-order chi connectivity index (χ0) is 30.1. The van der Waals surface area contributed by atoms with Crippen molar-refractivity contribution >= 4 is 16.1 Å². The van der Waals surface area contributed by atoms with Crippen molar-refractivity contribution in [3.63, 3.8) is 0 Å². The van der Waals surface area contributed by atoms with Crippen LogP contribution >= 0.6 is 0 Å². The van der Waals surface area contributed by atoms with Gasteiger partial charge in [-0.3, -0.25) is 0 Å². The normalized spacial score (nSPS) is 24.7. The predicted molar refractivity (Wildman–Crippen MR) is 156 cm³/mol. The molecule has 3 heterocycles. The second-order valence-electron chi connectivity index (χ2n) is 12.3. The molecule has 2 N–H and O–H groups in total. The van der Waals surface area contributed by atoms with Crippen LogP contribution in [-0.4, -0.2) is 68.7 Å². The second kappa shape index (κ2) is 12.0. The summed E-state index contributed by atoms with van der Waals surface area (Å²) in [7, 11) is -4.09. The first-order valence-electron chi connectivity index (χ1n) is 15.2. The Bertz CT molecular complexity index is 1510. The topological polar surface area (TPSA) is 145 Å². The molecule has 1 saturated heterocycles. The molecule has 1 aliphatic carbocycles. The molecule has 5 rings (SSSR count). The van der Waals surface area contributed by atoms with Gasteiger partial charge >= 0.3 is 17.5 Å². The van der Waals surface area contributed by atoms with Crippen molar-refractivity contribution in [1.82, 2.24) is 23.6 Å². The number of hydrogen-bond donors (Lipinski definition) is 2. The van der Waals surface area contributed by atoms with Gasteiger partial charge in [-0.2, -0.15) is 4.31 Å². The summed E-state index contributed by atoms with van der Waals surface area (Å²) in [5.41, 5.74) is -3.98. The molecule has 2 aromatic rings. The van der Waals surface area contributed by atoms with Gasteiger partial charge in [0.05, 0.1) is 24.5 Å². The Labute approximate surface area is 246 Å². The molecule has 0 radical (unpaired) electrons. The van der Waals surface area contributed by atoms with Gasteiger partial charge in [0.1, 0.15) is 5.60 Å². The Kier molecular flexibility index (Phi) is 8.73. The maximum atomic E-state index is 13.7. The Hall–Kier alpha value is -2.90. The number of carbonyl (C=O) groups excluding carboxylic acids is 1.